The Balaban J connectivity index is 1.56. The Morgan fingerprint density at radius 1 is 1.14 bits per heavy atom. The van der Waals surface area contributed by atoms with Gasteiger partial charge in [-0.25, -0.2) is 0 Å². The van der Waals surface area contributed by atoms with Crippen LogP contribution in [0.4, 0.5) is 0 Å². The Morgan fingerprint density at radius 3 is 2.59 bits per heavy atom. The largest absolute Gasteiger partial charge is 0.497 e. The molecule has 0 atom stereocenters. The Kier molecular flexibility index (Phi) is 4.14. The lowest BCUT2D eigenvalue weighted by Gasteiger charge is -2.16. The van der Waals surface area contributed by atoms with Crippen LogP contribution in [0.1, 0.15) is 24.0 Å². The van der Waals surface area contributed by atoms with Gasteiger partial charge < -0.3 is 10.1 Å². The monoisotopic (exact) mass is 295 g/mol. The van der Waals surface area contributed by atoms with Crippen molar-refractivity contribution in [3.05, 3.63) is 65.7 Å². The highest BCUT2D eigenvalue weighted by Crippen LogP contribution is 2.47. The minimum Gasteiger partial charge on any atom is -0.497 e. The van der Waals surface area contributed by atoms with Crippen LogP contribution in [0.15, 0.2) is 54.6 Å². The molecule has 1 N–H and O–H groups in total. The summed E-state index contributed by atoms with van der Waals surface area (Å²) in [7, 11) is 1.63. The number of hydrogen-bond acceptors (Lipinski definition) is 2. The van der Waals surface area contributed by atoms with Crippen molar-refractivity contribution in [1.29, 1.82) is 0 Å². The first-order valence-electron chi connectivity index (χ1n) is 7.67. The summed E-state index contributed by atoms with van der Waals surface area (Å²) in [6.07, 6.45) is 2.69. The predicted octanol–water partition coefficient (Wildman–Crippen LogP) is 3.09. The second-order valence-corrected chi connectivity index (χ2v) is 5.95. The summed E-state index contributed by atoms with van der Waals surface area (Å²) in [6.45, 7) is 0.722. The van der Waals surface area contributed by atoms with Crippen molar-refractivity contribution in [3.8, 4) is 5.75 Å². The van der Waals surface area contributed by atoms with E-state index < -0.39 is 0 Å². The maximum atomic E-state index is 12.2. The van der Waals surface area contributed by atoms with Crippen LogP contribution in [0.3, 0.4) is 0 Å². The minimum absolute atomic E-state index is 0.0652. The number of methoxy groups -OCH3 is 1. The van der Waals surface area contributed by atoms with Gasteiger partial charge in [0.05, 0.1) is 13.5 Å². The summed E-state index contributed by atoms with van der Waals surface area (Å²) in [5.41, 5.74) is 2.46. The van der Waals surface area contributed by atoms with Gasteiger partial charge >= 0.3 is 0 Å². The van der Waals surface area contributed by atoms with E-state index >= 15 is 0 Å². The van der Waals surface area contributed by atoms with Crippen molar-refractivity contribution in [1.82, 2.24) is 5.32 Å². The van der Waals surface area contributed by atoms with Gasteiger partial charge in [0.2, 0.25) is 5.91 Å². The van der Waals surface area contributed by atoms with Gasteiger partial charge in [-0.1, -0.05) is 42.5 Å². The van der Waals surface area contributed by atoms with Crippen molar-refractivity contribution in [2.24, 2.45) is 0 Å². The first-order valence-corrected chi connectivity index (χ1v) is 7.67. The lowest BCUT2D eigenvalue weighted by molar-refractivity contribution is -0.120. The molecule has 0 heterocycles. The van der Waals surface area contributed by atoms with Crippen LogP contribution in [0.5, 0.6) is 5.75 Å². The molecule has 3 heteroatoms. The van der Waals surface area contributed by atoms with E-state index in [1.807, 2.05) is 30.3 Å². The zero-order chi connectivity index (χ0) is 15.4. The quantitative estimate of drug-likeness (QED) is 0.889. The van der Waals surface area contributed by atoms with Gasteiger partial charge in [0.1, 0.15) is 5.75 Å². The number of amides is 1. The maximum Gasteiger partial charge on any atom is 0.224 e. The minimum atomic E-state index is 0.0652. The number of ether oxygens (including phenoxy) is 1. The zero-order valence-electron chi connectivity index (χ0n) is 12.8. The number of rotatable bonds is 6. The van der Waals surface area contributed by atoms with E-state index in [0.29, 0.717) is 6.42 Å². The van der Waals surface area contributed by atoms with Gasteiger partial charge in [-0.3, -0.25) is 4.79 Å². The lowest BCUT2D eigenvalue weighted by atomic mass is 9.96. The molecule has 1 amide bonds. The maximum absolute atomic E-state index is 12.2. The first kappa shape index (κ1) is 14.6. The lowest BCUT2D eigenvalue weighted by Crippen LogP contribution is -2.33. The Hall–Kier alpha value is -2.29. The van der Waals surface area contributed by atoms with E-state index in [1.54, 1.807) is 7.11 Å². The average molecular weight is 295 g/mol. The van der Waals surface area contributed by atoms with Gasteiger partial charge in [0.15, 0.2) is 0 Å². The van der Waals surface area contributed by atoms with Crippen molar-refractivity contribution in [3.63, 3.8) is 0 Å². The molecule has 1 aliphatic carbocycles. The summed E-state index contributed by atoms with van der Waals surface area (Å²) < 4.78 is 5.19. The molecular formula is C19H21NO2. The van der Waals surface area contributed by atoms with Crippen LogP contribution in [0.2, 0.25) is 0 Å². The third-order valence-corrected chi connectivity index (χ3v) is 4.36. The standard InChI is InChI=1S/C19H21NO2/c1-22-17-9-5-6-15(12-17)13-18(21)20-14-19(10-11-19)16-7-3-2-4-8-16/h2-9,12H,10-11,13-14H2,1H3,(H,20,21). The van der Waals surface area contributed by atoms with Crippen LogP contribution >= 0.6 is 0 Å². The molecule has 1 saturated carbocycles. The number of nitrogens with one attached hydrogen (secondary N) is 1. The molecule has 114 valence electrons. The molecule has 0 unspecified atom stereocenters. The van der Waals surface area contributed by atoms with E-state index in [9.17, 15) is 4.79 Å². The van der Waals surface area contributed by atoms with E-state index in [0.717, 1.165) is 30.7 Å². The van der Waals surface area contributed by atoms with Gasteiger partial charge in [-0.05, 0) is 36.1 Å². The number of carbonyl (C=O) groups is 1. The molecular weight excluding hydrogens is 274 g/mol. The van der Waals surface area contributed by atoms with E-state index in [4.69, 9.17) is 4.74 Å². The molecule has 0 spiro atoms. The summed E-state index contributed by atoms with van der Waals surface area (Å²) in [5, 5.41) is 3.09. The highest BCUT2D eigenvalue weighted by Gasteiger charge is 2.44. The van der Waals surface area contributed by atoms with Crippen LogP contribution in [-0.2, 0) is 16.6 Å². The van der Waals surface area contributed by atoms with E-state index in [1.165, 1.54) is 5.56 Å². The molecule has 3 nitrogen and oxygen atoms in total. The first-order chi connectivity index (χ1) is 10.7. The second-order valence-electron chi connectivity index (χ2n) is 5.95. The fraction of sp³-hybridized carbons (Fsp3) is 0.316. The Labute approximate surface area is 131 Å². The average Bonchev–Trinajstić information content (AvgIpc) is 3.35. The normalized spacial score (nSPS) is 15.1. The second kappa shape index (κ2) is 6.22. The number of hydrogen-bond donors (Lipinski definition) is 1. The fourth-order valence-electron chi connectivity index (χ4n) is 2.81. The van der Waals surface area contributed by atoms with Crippen molar-refractivity contribution in [2.45, 2.75) is 24.7 Å². The molecule has 3 rings (SSSR count). The number of benzene rings is 2. The molecule has 0 saturated heterocycles. The van der Waals surface area contributed by atoms with Crippen LogP contribution < -0.4 is 10.1 Å². The summed E-state index contributed by atoms with van der Waals surface area (Å²) >= 11 is 0. The Bertz CT molecular complexity index is 647. The van der Waals surface area contributed by atoms with E-state index in [2.05, 4.69) is 29.6 Å². The SMILES string of the molecule is COc1cccc(CC(=O)NCC2(c3ccccc3)CC2)c1. The number of carbonyl (C=O) groups excluding carboxylic acids is 1. The highest BCUT2D eigenvalue weighted by atomic mass is 16.5. The molecule has 22 heavy (non-hydrogen) atoms. The molecule has 0 bridgehead atoms. The summed E-state index contributed by atoms with van der Waals surface area (Å²) in [6, 6.07) is 18.1. The molecule has 1 fully saturated rings. The Morgan fingerprint density at radius 2 is 1.91 bits per heavy atom. The van der Waals surface area contributed by atoms with Gasteiger partial charge in [0, 0.05) is 12.0 Å². The summed E-state index contributed by atoms with van der Waals surface area (Å²) in [5.74, 6) is 0.851. The van der Waals surface area contributed by atoms with Crippen LogP contribution in [-0.4, -0.2) is 19.6 Å². The molecule has 0 aliphatic heterocycles. The third-order valence-electron chi connectivity index (χ3n) is 4.36. The van der Waals surface area contributed by atoms with Crippen molar-refractivity contribution in [2.75, 3.05) is 13.7 Å². The van der Waals surface area contributed by atoms with Gasteiger partial charge in [0.25, 0.3) is 0 Å². The summed E-state index contributed by atoms with van der Waals surface area (Å²) in [4.78, 5) is 12.2. The molecule has 2 aromatic carbocycles. The van der Waals surface area contributed by atoms with E-state index in [-0.39, 0.29) is 11.3 Å². The smallest absolute Gasteiger partial charge is 0.224 e. The zero-order valence-corrected chi connectivity index (χ0v) is 12.8. The topological polar surface area (TPSA) is 38.3 Å². The molecule has 0 radical (unpaired) electrons. The predicted molar refractivity (Wildman–Crippen MR) is 87.1 cm³/mol. The van der Waals surface area contributed by atoms with Gasteiger partial charge in [-0.2, -0.15) is 0 Å². The third kappa shape index (κ3) is 3.30. The molecule has 2 aromatic rings. The highest BCUT2D eigenvalue weighted by molar-refractivity contribution is 5.78. The molecule has 1 aliphatic rings. The van der Waals surface area contributed by atoms with Crippen molar-refractivity contribution < 1.29 is 9.53 Å². The van der Waals surface area contributed by atoms with Gasteiger partial charge in [-0.15, -0.1) is 0 Å². The fourth-order valence-corrected chi connectivity index (χ4v) is 2.81. The molecule has 0 aromatic heterocycles. The van der Waals surface area contributed by atoms with Crippen LogP contribution in [0, 0.1) is 0 Å². The van der Waals surface area contributed by atoms with Crippen LogP contribution in [0.25, 0.3) is 0 Å². The van der Waals surface area contributed by atoms with Crippen molar-refractivity contribution >= 4 is 5.91 Å².